The number of rotatable bonds is 5. The van der Waals surface area contributed by atoms with Gasteiger partial charge in [0.15, 0.2) is 0 Å². The Balaban J connectivity index is 2.10. The largest absolute Gasteiger partial charge is 0.303 e. The van der Waals surface area contributed by atoms with Crippen LogP contribution in [0.3, 0.4) is 0 Å². The van der Waals surface area contributed by atoms with E-state index in [1.165, 1.54) is 30.7 Å². The zero-order valence-electron chi connectivity index (χ0n) is 10.5. The Bertz CT molecular complexity index is 317. The van der Waals surface area contributed by atoms with E-state index in [2.05, 4.69) is 36.5 Å². The second-order valence-corrected chi connectivity index (χ2v) is 6.36. The highest BCUT2D eigenvalue weighted by molar-refractivity contribution is 7.09. The molecule has 0 radical (unpaired) electrons. The van der Waals surface area contributed by atoms with Crippen LogP contribution in [0.25, 0.3) is 0 Å². The molecule has 1 unspecified atom stereocenters. The fourth-order valence-corrected chi connectivity index (χ4v) is 3.39. The van der Waals surface area contributed by atoms with Crippen LogP contribution in [0.4, 0.5) is 0 Å². The van der Waals surface area contributed by atoms with Gasteiger partial charge >= 0.3 is 0 Å². The quantitative estimate of drug-likeness (QED) is 0.848. The summed E-state index contributed by atoms with van der Waals surface area (Å²) in [6.45, 7) is 6.74. The lowest BCUT2D eigenvalue weighted by atomic mass is 9.76. The van der Waals surface area contributed by atoms with Crippen molar-refractivity contribution in [1.29, 1.82) is 0 Å². The molecule has 0 bridgehead atoms. The lowest BCUT2D eigenvalue weighted by molar-refractivity contribution is 0.194. The zero-order chi connectivity index (χ0) is 11.6. The lowest BCUT2D eigenvalue weighted by Gasteiger charge is -2.37. The third kappa shape index (κ3) is 2.64. The molecule has 1 aromatic heterocycles. The van der Waals surface area contributed by atoms with Crippen LogP contribution in [0.5, 0.6) is 0 Å². The number of nitrogens with zero attached hydrogens (tertiary/aromatic N) is 1. The third-order valence-electron chi connectivity index (χ3n) is 3.43. The highest BCUT2D eigenvalue weighted by Gasteiger charge is 2.34. The molecule has 0 spiro atoms. The smallest absolute Gasteiger partial charge is 0.112 e. The molecule has 1 fully saturated rings. The number of aromatic nitrogens is 1. The van der Waals surface area contributed by atoms with Gasteiger partial charge in [-0.2, -0.15) is 0 Å². The second kappa shape index (κ2) is 4.84. The SMILES string of the molecule is CC(C)NC(C)(CC1CCC1)c1nccs1. The van der Waals surface area contributed by atoms with Crippen LogP contribution in [-0.2, 0) is 5.54 Å². The maximum Gasteiger partial charge on any atom is 0.112 e. The van der Waals surface area contributed by atoms with Crippen LogP contribution in [0.1, 0.15) is 51.5 Å². The summed E-state index contributed by atoms with van der Waals surface area (Å²) in [5.41, 5.74) is 0.0768. The van der Waals surface area contributed by atoms with Crippen molar-refractivity contribution in [2.75, 3.05) is 0 Å². The van der Waals surface area contributed by atoms with Gasteiger partial charge in [0.05, 0.1) is 5.54 Å². The van der Waals surface area contributed by atoms with Crippen molar-refractivity contribution in [2.45, 2.75) is 58.0 Å². The van der Waals surface area contributed by atoms with E-state index in [1.807, 2.05) is 6.20 Å². The van der Waals surface area contributed by atoms with Gasteiger partial charge in [0.1, 0.15) is 5.01 Å². The van der Waals surface area contributed by atoms with E-state index in [1.54, 1.807) is 11.3 Å². The Morgan fingerprint density at radius 1 is 1.56 bits per heavy atom. The van der Waals surface area contributed by atoms with Crippen molar-refractivity contribution in [1.82, 2.24) is 10.3 Å². The van der Waals surface area contributed by atoms with Crippen LogP contribution in [0.15, 0.2) is 11.6 Å². The first-order valence-electron chi connectivity index (χ1n) is 6.28. The summed E-state index contributed by atoms with van der Waals surface area (Å²) in [5, 5.41) is 7.03. The molecule has 1 aliphatic rings. The van der Waals surface area contributed by atoms with Crippen LogP contribution >= 0.6 is 11.3 Å². The molecule has 1 heterocycles. The van der Waals surface area contributed by atoms with E-state index in [0.29, 0.717) is 6.04 Å². The molecule has 0 aliphatic heterocycles. The molecule has 2 nitrogen and oxygen atoms in total. The molecule has 0 amide bonds. The highest BCUT2D eigenvalue weighted by Crippen LogP contribution is 2.38. The second-order valence-electron chi connectivity index (χ2n) is 5.47. The topological polar surface area (TPSA) is 24.9 Å². The summed E-state index contributed by atoms with van der Waals surface area (Å²) in [6.07, 6.45) is 7.38. The molecule has 1 atom stereocenters. The Kier molecular flexibility index (Phi) is 3.65. The maximum atomic E-state index is 4.51. The molecule has 1 N–H and O–H groups in total. The summed E-state index contributed by atoms with van der Waals surface area (Å²) in [4.78, 5) is 4.51. The van der Waals surface area contributed by atoms with Crippen LogP contribution in [0.2, 0.25) is 0 Å². The molecule has 1 aromatic rings. The maximum absolute atomic E-state index is 4.51. The van der Waals surface area contributed by atoms with Crippen molar-refractivity contribution >= 4 is 11.3 Å². The first-order chi connectivity index (χ1) is 7.60. The standard InChI is InChI=1S/C13H22N2S/c1-10(2)15-13(3,9-11-5-4-6-11)12-14-7-8-16-12/h7-8,10-11,15H,4-6,9H2,1-3H3. The van der Waals surface area contributed by atoms with E-state index in [-0.39, 0.29) is 5.54 Å². The van der Waals surface area contributed by atoms with Gasteiger partial charge in [-0.3, -0.25) is 0 Å². The summed E-state index contributed by atoms with van der Waals surface area (Å²) in [5.74, 6) is 0.903. The molecular formula is C13H22N2S. The molecule has 16 heavy (non-hydrogen) atoms. The molecule has 1 aliphatic carbocycles. The third-order valence-corrected chi connectivity index (χ3v) is 4.47. The van der Waals surface area contributed by atoms with Crippen molar-refractivity contribution in [3.8, 4) is 0 Å². The average molecular weight is 238 g/mol. The molecule has 0 aromatic carbocycles. The fourth-order valence-electron chi connectivity index (χ4n) is 2.62. The first-order valence-corrected chi connectivity index (χ1v) is 7.16. The average Bonchev–Trinajstić information content (AvgIpc) is 2.63. The van der Waals surface area contributed by atoms with E-state index < -0.39 is 0 Å². The predicted octanol–water partition coefficient (Wildman–Crippen LogP) is 3.55. The molecule has 1 saturated carbocycles. The fraction of sp³-hybridized carbons (Fsp3) is 0.769. The minimum atomic E-state index is 0.0768. The lowest BCUT2D eigenvalue weighted by Crippen LogP contribution is -2.45. The Labute approximate surface area is 102 Å². The van der Waals surface area contributed by atoms with Gasteiger partial charge in [0.2, 0.25) is 0 Å². The van der Waals surface area contributed by atoms with Crippen LogP contribution < -0.4 is 5.32 Å². The number of thiazole rings is 1. The summed E-state index contributed by atoms with van der Waals surface area (Å²) in [7, 11) is 0. The van der Waals surface area contributed by atoms with E-state index in [9.17, 15) is 0 Å². The van der Waals surface area contributed by atoms with Crippen molar-refractivity contribution in [3.05, 3.63) is 16.6 Å². The van der Waals surface area contributed by atoms with Crippen LogP contribution in [0, 0.1) is 5.92 Å². The Hall–Kier alpha value is -0.410. The van der Waals surface area contributed by atoms with Gasteiger partial charge < -0.3 is 5.32 Å². The predicted molar refractivity (Wildman–Crippen MR) is 69.7 cm³/mol. The van der Waals surface area contributed by atoms with Crippen molar-refractivity contribution < 1.29 is 0 Å². The molecule has 2 rings (SSSR count). The number of hydrogen-bond donors (Lipinski definition) is 1. The number of nitrogens with one attached hydrogen (secondary N) is 1. The summed E-state index contributed by atoms with van der Waals surface area (Å²) in [6, 6.07) is 0.508. The van der Waals surface area contributed by atoms with Gasteiger partial charge in [-0.25, -0.2) is 4.98 Å². The monoisotopic (exact) mass is 238 g/mol. The van der Waals surface area contributed by atoms with Gasteiger partial charge in [0, 0.05) is 17.6 Å². The molecule has 90 valence electrons. The Morgan fingerprint density at radius 2 is 2.31 bits per heavy atom. The normalized spacial score (nSPS) is 20.8. The zero-order valence-corrected chi connectivity index (χ0v) is 11.3. The van der Waals surface area contributed by atoms with Gasteiger partial charge in [-0.1, -0.05) is 19.3 Å². The van der Waals surface area contributed by atoms with Crippen molar-refractivity contribution in [3.63, 3.8) is 0 Å². The first kappa shape index (κ1) is 12.1. The van der Waals surface area contributed by atoms with Crippen LogP contribution in [-0.4, -0.2) is 11.0 Å². The van der Waals surface area contributed by atoms with Gasteiger partial charge in [-0.05, 0) is 33.1 Å². The van der Waals surface area contributed by atoms with Gasteiger partial charge in [0.25, 0.3) is 0 Å². The molecule has 3 heteroatoms. The minimum Gasteiger partial charge on any atom is -0.303 e. The van der Waals surface area contributed by atoms with E-state index in [4.69, 9.17) is 0 Å². The summed E-state index contributed by atoms with van der Waals surface area (Å²) < 4.78 is 0. The molecule has 0 saturated heterocycles. The van der Waals surface area contributed by atoms with E-state index in [0.717, 1.165) is 5.92 Å². The number of hydrogen-bond acceptors (Lipinski definition) is 3. The van der Waals surface area contributed by atoms with E-state index >= 15 is 0 Å². The van der Waals surface area contributed by atoms with Crippen molar-refractivity contribution in [2.24, 2.45) is 5.92 Å². The Morgan fingerprint density at radius 3 is 2.75 bits per heavy atom. The summed E-state index contributed by atoms with van der Waals surface area (Å²) >= 11 is 1.77. The van der Waals surface area contributed by atoms with Gasteiger partial charge in [-0.15, -0.1) is 11.3 Å². The highest BCUT2D eigenvalue weighted by atomic mass is 32.1. The minimum absolute atomic E-state index is 0.0768. The molecular weight excluding hydrogens is 216 g/mol.